The molecule has 102 valence electrons. The smallest absolute Gasteiger partial charge is 0.358 e. The van der Waals surface area contributed by atoms with Crippen molar-refractivity contribution in [2.75, 3.05) is 0 Å². The molecule has 3 rings (SSSR count). The molecule has 0 unspecified atom stereocenters. The number of rotatable bonds is 2. The zero-order chi connectivity index (χ0) is 14.8. The number of hydrogen-bond donors (Lipinski definition) is 0. The number of aromatic nitrogens is 2. The highest BCUT2D eigenvalue weighted by molar-refractivity contribution is 5.91. The first-order chi connectivity index (χ1) is 10.2. The van der Waals surface area contributed by atoms with Crippen LogP contribution < -0.4 is 5.56 Å². The SMILES string of the molecule is O=c1nc2ccccc2c(-c2ccccc2)nc1[N+](=O)[O-]. The van der Waals surface area contributed by atoms with Crippen LogP contribution in [0.5, 0.6) is 0 Å². The number of hydrogen-bond acceptors (Lipinski definition) is 5. The van der Waals surface area contributed by atoms with E-state index in [2.05, 4.69) is 9.97 Å². The summed E-state index contributed by atoms with van der Waals surface area (Å²) in [6, 6.07) is 15.9. The summed E-state index contributed by atoms with van der Waals surface area (Å²) >= 11 is 0. The molecule has 1 heterocycles. The van der Waals surface area contributed by atoms with Gasteiger partial charge in [0.05, 0.1) is 10.9 Å². The molecular formula is C15H9N3O3. The van der Waals surface area contributed by atoms with Crippen LogP contribution in [0.15, 0.2) is 59.4 Å². The van der Waals surface area contributed by atoms with E-state index in [4.69, 9.17) is 0 Å². The Kier molecular flexibility index (Phi) is 3.12. The zero-order valence-corrected chi connectivity index (χ0v) is 10.8. The lowest BCUT2D eigenvalue weighted by molar-refractivity contribution is -0.390. The van der Waals surface area contributed by atoms with Gasteiger partial charge in [-0.3, -0.25) is 4.79 Å². The van der Waals surface area contributed by atoms with E-state index in [0.29, 0.717) is 22.2 Å². The van der Waals surface area contributed by atoms with Gasteiger partial charge in [-0.05, 0) is 22.0 Å². The molecule has 2 aromatic carbocycles. The average Bonchev–Trinajstić information content (AvgIpc) is 2.64. The minimum atomic E-state index is -0.946. The number of nitrogens with zero attached hydrogens (tertiary/aromatic N) is 3. The van der Waals surface area contributed by atoms with Crippen LogP contribution in [0, 0.1) is 10.1 Å². The molecule has 0 bridgehead atoms. The maximum absolute atomic E-state index is 11.8. The molecule has 0 aliphatic carbocycles. The summed E-state index contributed by atoms with van der Waals surface area (Å²) < 4.78 is 0. The lowest BCUT2D eigenvalue weighted by Gasteiger charge is -1.96. The molecule has 0 amide bonds. The molecule has 6 nitrogen and oxygen atoms in total. The predicted octanol–water partition coefficient (Wildman–Crippen LogP) is 2.57. The van der Waals surface area contributed by atoms with Gasteiger partial charge in [0.15, 0.2) is 5.69 Å². The van der Waals surface area contributed by atoms with Crippen molar-refractivity contribution in [1.82, 2.24) is 9.97 Å². The lowest BCUT2D eigenvalue weighted by Crippen LogP contribution is -2.09. The highest BCUT2D eigenvalue weighted by Gasteiger charge is 2.19. The Morgan fingerprint density at radius 2 is 1.57 bits per heavy atom. The quantitative estimate of drug-likeness (QED) is 0.531. The molecule has 0 fully saturated rings. The van der Waals surface area contributed by atoms with E-state index < -0.39 is 16.3 Å². The average molecular weight is 279 g/mol. The molecule has 1 aromatic heterocycles. The van der Waals surface area contributed by atoms with Crippen LogP contribution in [0.1, 0.15) is 0 Å². The van der Waals surface area contributed by atoms with Crippen molar-refractivity contribution >= 4 is 16.7 Å². The molecule has 0 N–H and O–H groups in total. The van der Waals surface area contributed by atoms with Crippen molar-refractivity contribution in [3.8, 4) is 11.3 Å². The van der Waals surface area contributed by atoms with Crippen molar-refractivity contribution < 1.29 is 4.92 Å². The minimum Gasteiger partial charge on any atom is -0.358 e. The standard InChI is InChI=1S/C15H9N3O3/c19-15-14(18(20)21)17-13(10-6-2-1-3-7-10)11-8-4-5-9-12(11)16-15/h1-9H. The van der Waals surface area contributed by atoms with E-state index in [-0.39, 0.29) is 0 Å². The second-order valence-corrected chi connectivity index (χ2v) is 4.34. The van der Waals surface area contributed by atoms with Gasteiger partial charge in [0.2, 0.25) is 0 Å². The Morgan fingerprint density at radius 1 is 0.905 bits per heavy atom. The Bertz CT molecular complexity index is 895. The summed E-state index contributed by atoms with van der Waals surface area (Å²) in [4.78, 5) is 29.8. The Hall–Kier alpha value is -3.15. The highest BCUT2D eigenvalue weighted by atomic mass is 16.6. The van der Waals surface area contributed by atoms with Gasteiger partial charge in [-0.2, -0.15) is 0 Å². The maximum Gasteiger partial charge on any atom is 0.432 e. The van der Waals surface area contributed by atoms with Crippen LogP contribution in [-0.2, 0) is 0 Å². The molecule has 0 spiro atoms. The summed E-state index contributed by atoms with van der Waals surface area (Å²) in [6.07, 6.45) is 0. The van der Waals surface area contributed by atoms with Gasteiger partial charge in [0.25, 0.3) is 0 Å². The Labute approximate surface area is 118 Å². The largest absolute Gasteiger partial charge is 0.432 e. The number of nitro groups is 1. The molecular weight excluding hydrogens is 270 g/mol. The molecule has 0 atom stereocenters. The second kappa shape index (κ2) is 5.09. The van der Waals surface area contributed by atoms with Crippen LogP contribution in [-0.4, -0.2) is 14.9 Å². The van der Waals surface area contributed by atoms with Crippen molar-refractivity contribution in [1.29, 1.82) is 0 Å². The maximum atomic E-state index is 11.8. The molecule has 0 radical (unpaired) electrons. The van der Waals surface area contributed by atoms with Crippen LogP contribution in [0.4, 0.5) is 5.82 Å². The van der Waals surface area contributed by atoms with Crippen LogP contribution in [0.3, 0.4) is 0 Å². The molecule has 3 aromatic rings. The molecule has 0 saturated carbocycles. The normalized spacial score (nSPS) is 10.5. The first kappa shape index (κ1) is 12.9. The van der Waals surface area contributed by atoms with Crippen molar-refractivity contribution in [3.63, 3.8) is 0 Å². The van der Waals surface area contributed by atoms with Crippen LogP contribution in [0.25, 0.3) is 22.2 Å². The first-order valence-corrected chi connectivity index (χ1v) is 6.18. The monoisotopic (exact) mass is 279 g/mol. The lowest BCUT2D eigenvalue weighted by atomic mass is 10.1. The predicted molar refractivity (Wildman–Crippen MR) is 77.9 cm³/mol. The van der Waals surface area contributed by atoms with Gasteiger partial charge in [-0.25, -0.2) is 4.98 Å². The Balaban J connectivity index is 2.50. The first-order valence-electron chi connectivity index (χ1n) is 6.18. The summed E-state index contributed by atoms with van der Waals surface area (Å²) in [6.45, 7) is 0. The van der Waals surface area contributed by atoms with Gasteiger partial charge in [-0.15, -0.1) is 0 Å². The van der Waals surface area contributed by atoms with Crippen LogP contribution in [0.2, 0.25) is 0 Å². The number of benzene rings is 2. The highest BCUT2D eigenvalue weighted by Crippen LogP contribution is 2.25. The van der Waals surface area contributed by atoms with E-state index in [1.807, 2.05) is 6.07 Å². The molecule has 0 aliphatic heterocycles. The van der Waals surface area contributed by atoms with Gasteiger partial charge in [0.1, 0.15) is 0 Å². The molecule has 6 heteroatoms. The number of fused-ring (bicyclic) bond motifs is 1. The fourth-order valence-corrected chi connectivity index (χ4v) is 2.08. The third kappa shape index (κ3) is 2.34. The molecule has 21 heavy (non-hydrogen) atoms. The van der Waals surface area contributed by atoms with Crippen molar-refractivity contribution in [2.45, 2.75) is 0 Å². The third-order valence-corrected chi connectivity index (χ3v) is 3.01. The van der Waals surface area contributed by atoms with E-state index in [1.165, 1.54) is 0 Å². The Morgan fingerprint density at radius 3 is 2.29 bits per heavy atom. The van der Waals surface area contributed by atoms with Gasteiger partial charge < -0.3 is 10.1 Å². The summed E-state index contributed by atoms with van der Waals surface area (Å²) in [5.74, 6) is -0.773. The second-order valence-electron chi connectivity index (χ2n) is 4.34. The van der Waals surface area contributed by atoms with Crippen molar-refractivity contribution in [3.05, 3.63) is 75.1 Å². The topological polar surface area (TPSA) is 86.0 Å². The van der Waals surface area contributed by atoms with E-state index in [1.54, 1.807) is 48.5 Å². The zero-order valence-electron chi connectivity index (χ0n) is 10.8. The molecule has 0 saturated heterocycles. The summed E-state index contributed by atoms with van der Waals surface area (Å²) in [5.41, 5.74) is 0.488. The van der Waals surface area contributed by atoms with Gasteiger partial charge in [-0.1, -0.05) is 42.5 Å². The number of para-hydroxylation sites is 1. The summed E-state index contributed by atoms with van der Waals surface area (Å²) in [7, 11) is 0. The van der Waals surface area contributed by atoms with Crippen molar-refractivity contribution in [2.24, 2.45) is 0 Å². The van der Waals surface area contributed by atoms with E-state index in [0.717, 1.165) is 0 Å². The van der Waals surface area contributed by atoms with Gasteiger partial charge in [0, 0.05) is 5.56 Å². The minimum absolute atomic E-state index is 0.368. The third-order valence-electron chi connectivity index (χ3n) is 3.01. The van der Waals surface area contributed by atoms with E-state index in [9.17, 15) is 14.9 Å². The van der Waals surface area contributed by atoms with E-state index >= 15 is 0 Å². The fraction of sp³-hybridized carbons (Fsp3) is 0. The van der Waals surface area contributed by atoms with Crippen LogP contribution >= 0.6 is 0 Å². The molecule has 0 aliphatic rings. The van der Waals surface area contributed by atoms with Gasteiger partial charge >= 0.3 is 11.4 Å². The fourth-order valence-electron chi connectivity index (χ4n) is 2.08. The summed E-state index contributed by atoms with van der Waals surface area (Å²) in [5, 5.41) is 11.6.